The molecule has 0 saturated carbocycles. The number of ketones is 1. The van der Waals surface area contributed by atoms with Crippen molar-refractivity contribution < 1.29 is 19.1 Å². The predicted molar refractivity (Wildman–Crippen MR) is 126 cm³/mol. The molecule has 170 valence electrons. The number of pyridine rings is 1. The summed E-state index contributed by atoms with van der Waals surface area (Å²) in [7, 11) is 3.12. The maximum atomic E-state index is 13.6. The van der Waals surface area contributed by atoms with Crippen LogP contribution in [0.5, 0.6) is 11.5 Å². The van der Waals surface area contributed by atoms with Gasteiger partial charge in [-0.2, -0.15) is 0 Å². The molecule has 7 heteroatoms. The van der Waals surface area contributed by atoms with Crippen LogP contribution in [0.15, 0.2) is 59.4 Å². The van der Waals surface area contributed by atoms with E-state index in [0.717, 1.165) is 0 Å². The van der Waals surface area contributed by atoms with Gasteiger partial charge in [0.1, 0.15) is 17.1 Å². The van der Waals surface area contributed by atoms with E-state index in [1.54, 1.807) is 62.8 Å². The molecular weight excluding hydrogens is 420 g/mol. The Balaban J connectivity index is 1.84. The second-order valence-electron chi connectivity index (χ2n) is 8.88. The molecule has 1 aromatic heterocycles. The number of nitrogens with zero attached hydrogens (tertiary/aromatic N) is 1. The summed E-state index contributed by atoms with van der Waals surface area (Å²) in [6, 6.07) is 15.2. The minimum Gasteiger partial charge on any atom is -0.497 e. The van der Waals surface area contributed by atoms with Crippen LogP contribution in [-0.2, 0) is 6.42 Å². The van der Waals surface area contributed by atoms with E-state index >= 15 is 0 Å². The predicted octanol–water partition coefficient (Wildman–Crippen LogP) is 4.26. The number of fused-ring (bicyclic) bond motifs is 1. The Labute approximate surface area is 192 Å². The van der Waals surface area contributed by atoms with Gasteiger partial charge in [0.05, 0.1) is 14.2 Å². The smallest absolute Gasteiger partial charge is 0.268 e. The van der Waals surface area contributed by atoms with Gasteiger partial charge in [0.15, 0.2) is 5.78 Å². The molecule has 0 saturated heterocycles. The van der Waals surface area contributed by atoms with E-state index in [0.29, 0.717) is 47.0 Å². The van der Waals surface area contributed by atoms with Gasteiger partial charge >= 0.3 is 0 Å². The van der Waals surface area contributed by atoms with E-state index in [1.165, 1.54) is 10.6 Å². The van der Waals surface area contributed by atoms with Gasteiger partial charge in [-0.25, -0.2) is 0 Å². The number of carbonyl (C=O) groups excluding carboxylic acids is 2. The highest BCUT2D eigenvalue weighted by Gasteiger charge is 2.35. The Morgan fingerprint density at radius 1 is 0.909 bits per heavy atom. The van der Waals surface area contributed by atoms with Crippen molar-refractivity contribution in [3.8, 4) is 17.2 Å². The summed E-state index contributed by atoms with van der Waals surface area (Å²) in [5, 5.41) is 2.75. The first-order valence-corrected chi connectivity index (χ1v) is 10.6. The first-order valence-electron chi connectivity index (χ1n) is 10.6. The average molecular weight is 447 g/mol. The van der Waals surface area contributed by atoms with Crippen LogP contribution in [0.1, 0.15) is 46.7 Å². The summed E-state index contributed by atoms with van der Waals surface area (Å²) < 4.78 is 11.8. The number of hydrogen-bond donors (Lipinski definition) is 1. The Hall–Kier alpha value is -3.87. The number of anilines is 1. The molecule has 0 bridgehead atoms. The van der Waals surface area contributed by atoms with Crippen LogP contribution in [0.2, 0.25) is 0 Å². The van der Waals surface area contributed by atoms with Crippen molar-refractivity contribution in [3.63, 3.8) is 0 Å². The summed E-state index contributed by atoms with van der Waals surface area (Å²) in [6.07, 6.45) is 0.885. The largest absolute Gasteiger partial charge is 0.497 e. The fourth-order valence-corrected chi connectivity index (χ4v) is 4.15. The van der Waals surface area contributed by atoms with Crippen molar-refractivity contribution >= 4 is 17.4 Å². The molecule has 2 aromatic carbocycles. The van der Waals surface area contributed by atoms with Gasteiger partial charge in [-0.1, -0.05) is 13.8 Å². The van der Waals surface area contributed by atoms with Crippen LogP contribution in [0.25, 0.3) is 5.69 Å². The van der Waals surface area contributed by atoms with E-state index < -0.39 is 11.5 Å². The maximum absolute atomic E-state index is 13.6. The van der Waals surface area contributed by atoms with Gasteiger partial charge in [0.25, 0.3) is 11.5 Å². The average Bonchev–Trinajstić information content (AvgIpc) is 2.78. The fraction of sp³-hybridized carbons (Fsp3) is 0.269. The number of Topliss-reactive ketones (excluding diaryl/α,β-unsaturated/α-hetero) is 1. The number of ether oxygens (including phenoxy) is 2. The quantitative estimate of drug-likeness (QED) is 0.633. The molecule has 0 atom stereocenters. The number of methoxy groups -OCH3 is 2. The Bertz CT molecular complexity index is 1270. The number of hydrogen-bond acceptors (Lipinski definition) is 5. The first-order chi connectivity index (χ1) is 15.7. The number of benzene rings is 2. The molecule has 0 aliphatic heterocycles. The van der Waals surface area contributed by atoms with Crippen LogP contribution >= 0.6 is 0 Å². The summed E-state index contributed by atoms with van der Waals surface area (Å²) in [5.41, 5.74) is 1.25. The maximum Gasteiger partial charge on any atom is 0.268 e. The molecule has 0 fully saturated rings. The molecule has 1 aliphatic carbocycles. The summed E-state index contributed by atoms with van der Waals surface area (Å²) in [4.78, 5) is 39.7. The summed E-state index contributed by atoms with van der Waals surface area (Å²) >= 11 is 0. The highest BCUT2D eigenvalue weighted by Crippen LogP contribution is 2.35. The second kappa shape index (κ2) is 8.58. The fourth-order valence-electron chi connectivity index (χ4n) is 4.15. The standard InChI is InChI=1S/C26H26N2O5/c1-26(2)14-22-20(23(29)15-26)13-21(24(30)27-16-5-9-18(32-3)10-6-16)25(31)28(22)17-7-11-19(33-4)12-8-17/h5-13H,14-15H2,1-4H3,(H,27,30). The highest BCUT2D eigenvalue weighted by molar-refractivity contribution is 6.07. The lowest BCUT2D eigenvalue weighted by Crippen LogP contribution is -2.37. The summed E-state index contributed by atoms with van der Waals surface area (Å²) in [5.74, 6) is 0.636. The molecule has 3 aromatic rings. The van der Waals surface area contributed by atoms with Gasteiger partial charge in [-0.3, -0.25) is 19.0 Å². The highest BCUT2D eigenvalue weighted by atomic mass is 16.5. The van der Waals surface area contributed by atoms with Gasteiger partial charge in [-0.15, -0.1) is 0 Å². The molecule has 4 rings (SSSR count). The molecule has 7 nitrogen and oxygen atoms in total. The molecule has 0 spiro atoms. The van der Waals surface area contributed by atoms with Crippen molar-refractivity contribution in [2.75, 3.05) is 19.5 Å². The van der Waals surface area contributed by atoms with Crippen molar-refractivity contribution in [2.45, 2.75) is 26.7 Å². The number of carbonyl (C=O) groups is 2. The molecule has 1 amide bonds. The van der Waals surface area contributed by atoms with Crippen LogP contribution in [0.4, 0.5) is 5.69 Å². The molecular formula is C26H26N2O5. The van der Waals surface area contributed by atoms with Crippen LogP contribution in [0.3, 0.4) is 0 Å². The van der Waals surface area contributed by atoms with E-state index in [9.17, 15) is 14.4 Å². The number of nitrogens with one attached hydrogen (secondary N) is 1. The minimum atomic E-state index is -0.576. The Morgan fingerprint density at radius 2 is 1.48 bits per heavy atom. The lowest BCUT2D eigenvalue weighted by molar-refractivity contribution is 0.0909. The third-order valence-electron chi connectivity index (χ3n) is 5.81. The molecule has 33 heavy (non-hydrogen) atoms. The van der Waals surface area contributed by atoms with Gasteiger partial charge < -0.3 is 14.8 Å². The van der Waals surface area contributed by atoms with Gasteiger partial charge in [0.2, 0.25) is 0 Å². The monoisotopic (exact) mass is 446 g/mol. The molecule has 0 unspecified atom stereocenters. The number of aromatic nitrogens is 1. The molecule has 1 N–H and O–H groups in total. The third-order valence-corrected chi connectivity index (χ3v) is 5.81. The van der Waals surface area contributed by atoms with Crippen molar-refractivity contribution in [3.05, 3.63) is 81.8 Å². The molecule has 1 heterocycles. The minimum absolute atomic E-state index is 0.0815. The zero-order valence-electron chi connectivity index (χ0n) is 19.1. The lowest BCUT2D eigenvalue weighted by Gasteiger charge is -2.32. The number of rotatable bonds is 5. The first kappa shape index (κ1) is 22.3. The zero-order chi connectivity index (χ0) is 23.8. The Kier molecular flexibility index (Phi) is 5.80. The zero-order valence-corrected chi connectivity index (χ0v) is 19.1. The topological polar surface area (TPSA) is 86.6 Å². The van der Waals surface area contributed by atoms with E-state index in [4.69, 9.17) is 9.47 Å². The van der Waals surface area contributed by atoms with Crippen LogP contribution < -0.4 is 20.3 Å². The van der Waals surface area contributed by atoms with Crippen molar-refractivity contribution in [2.24, 2.45) is 5.41 Å². The molecule has 0 radical (unpaired) electrons. The van der Waals surface area contributed by atoms with Crippen molar-refractivity contribution in [1.29, 1.82) is 0 Å². The second-order valence-corrected chi connectivity index (χ2v) is 8.88. The normalized spacial score (nSPS) is 14.4. The van der Waals surface area contributed by atoms with Crippen molar-refractivity contribution in [1.82, 2.24) is 4.57 Å². The SMILES string of the molecule is COc1ccc(NC(=O)c2cc3c(n(-c4ccc(OC)cc4)c2=O)CC(C)(C)CC3=O)cc1. The van der Waals surface area contributed by atoms with Crippen LogP contribution in [0, 0.1) is 5.41 Å². The van der Waals surface area contributed by atoms with E-state index in [2.05, 4.69) is 5.32 Å². The van der Waals surface area contributed by atoms with Gasteiger partial charge in [-0.05, 0) is 66.4 Å². The van der Waals surface area contributed by atoms with Crippen LogP contribution in [-0.4, -0.2) is 30.5 Å². The number of amides is 1. The van der Waals surface area contributed by atoms with Gasteiger partial charge in [0, 0.05) is 29.1 Å². The van der Waals surface area contributed by atoms with E-state index in [1.807, 2.05) is 13.8 Å². The third kappa shape index (κ3) is 4.39. The molecule has 1 aliphatic rings. The lowest BCUT2D eigenvalue weighted by atomic mass is 9.75. The Morgan fingerprint density at radius 3 is 2.06 bits per heavy atom. The summed E-state index contributed by atoms with van der Waals surface area (Å²) in [6.45, 7) is 4.00. The van der Waals surface area contributed by atoms with E-state index in [-0.39, 0.29) is 16.8 Å².